The number of nitrogens with one attached hydrogen (secondary N) is 1. The molecule has 1 saturated heterocycles. The molecule has 0 bridgehead atoms. The zero-order valence-corrected chi connectivity index (χ0v) is 17.2. The number of benzene rings is 1. The first-order chi connectivity index (χ1) is 13.4. The van der Waals surface area contributed by atoms with Gasteiger partial charge >= 0.3 is 6.18 Å². The van der Waals surface area contributed by atoms with Gasteiger partial charge in [-0.15, -0.1) is 0 Å². The zero-order valence-electron chi connectivity index (χ0n) is 15.0. The summed E-state index contributed by atoms with van der Waals surface area (Å²) in [6.07, 6.45) is -2.43. The summed E-state index contributed by atoms with van der Waals surface area (Å²) in [5.74, 6) is -0.897. The predicted octanol–water partition coefficient (Wildman–Crippen LogP) is 3.24. The summed E-state index contributed by atoms with van der Waals surface area (Å²) < 4.78 is 38.5. The van der Waals surface area contributed by atoms with Crippen LogP contribution >= 0.6 is 22.4 Å². The molecule has 3 rings (SSSR count). The fourth-order valence-electron chi connectivity index (χ4n) is 3.25. The summed E-state index contributed by atoms with van der Waals surface area (Å²) in [5.41, 5.74) is 4.93. The van der Waals surface area contributed by atoms with Crippen molar-refractivity contribution in [2.24, 2.45) is 5.92 Å². The minimum absolute atomic E-state index is 0.0587. The summed E-state index contributed by atoms with van der Waals surface area (Å²) in [7, 11) is 0. The number of carbonyl (C=O) groups is 1. The van der Waals surface area contributed by atoms with Crippen LogP contribution in [0, 0.1) is 5.92 Å². The van der Waals surface area contributed by atoms with Gasteiger partial charge in [0.25, 0.3) is 5.91 Å². The van der Waals surface area contributed by atoms with Crippen LogP contribution in [0.3, 0.4) is 0 Å². The molecule has 1 aliphatic rings. The Morgan fingerprint density at radius 1 is 1.29 bits per heavy atom. The fraction of sp³-hybridized carbons (Fsp3) is 0.444. The van der Waals surface area contributed by atoms with Gasteiger partial charge < -0.3 is 15.3 Å². The predicted molar refractivity (Wildman–Crippen MR) is 112 cm³/mol. The van der Waals surface area contributed by atoms with Gasteiger partial charge in [0.05, 0.1) is 12.5 Å². The average Bonchev–Trinajstić information content (AvgIpc) is 2.72. The first-order valence-electron chi connectivity index (χ1n) is 8.71. The maximum Gasteiger partial charge on any atom is 0.391 e. The molecular formula is C18H20BF3IN3O2. The smallest absolute Gasteiger partial charge is 0.391 e. The van der Waals surface area contributed by atoms with Crippen LogP contribution in [0.1, 0.15) is 23.2 Å². The zero-order chi connectivity index (χ0) is 20.7. The highest BCUT2D eigenvalue weighted by Crippen LogP contribution is 2.36. The molecule has 2 heterocycles. The first-order valence-corrected chi connectivity index (χ1v) is 9.96. The molecule has 1 aromatic heterocycles. The SMILES string of the molecule is O=C(NCCO)c1ccc2c(N3CCC(C(F)(F)F)CC3)nccc2c1.[B]I. The van der Waals surface area contributed by atoms with Gasteiger partial charge in [0.1, 0.15) is 5.82 Å². The quantitative estimate of drug-likeness (QED) is 0.495. The van der Waals surface area contributed by atoms with E-state index in [1.54, 1.807) is 52.8 Å². The fourth-order valence-corrected chi connectivity index (χ4v) is 3.25. The van der Waals surface area contributed by atoms with E-state index in [2.05, 4.69) is 16.0 Å². The molecular weight excluding hydrogens is 485 g/mol. The Morgan fingerprint density at radius 3 is 2.57 bits per heavy atom. The van der Waals surface area contributed by atoms with Crippen LogP contribution in [0.15, 0.2) is 30.5 Å². The Balaban J connectivity index is 0.00000136. The Kier molecular flexibility index (Phi) is 8.35. The van der Waals surface area contributed by atoms with Crippen molar-refractivity contribution in [3.05, 3.63) is 36.0 Å². The van der Waals surface area contributed by atoms with Crippen molar-refractivity contribution >= 4 is 50.6 Å². The lowest BCUT2D eigenvalue weighted by Gasteiger charge is -2.34. The second-order valence-electron chi connectivity index (χ2n) is 6.35. The molecule has 2 aromatic rings. The monoisotopic (exact) mass is 505 g/mol. The van der Waals surface area contributed by atoms with Gasteiger partial charge in [0, 0.05) is 36.8 Å². The Labute approximate surface area is 176 Å². The van der Waals surface area contributed by atoms with Crippen LogP contribution in [0.2, 0.25) is 0 Å². The number of rotatable bonds is 4. The molecule has 1 aliphatic heterocycles. The van der Waals surface area contributed by atoms with Crippen molar-refractivity contribution in [2.45, 2.75) is 19.0 Å². The molecule has 0 saturated carbocycles. The lowest BCUT2D eigenvalue weighted by Crippen LogP contribution is -2.39. The van der Waals surface area contributed by atoms with Gasteiger partial charge in [-0.25, -0.2) is 4.98 Å². The molecule has 0 unspecified atom stereocenters. The molecule has 10 heteroatoms. The highest BCUT2D eigenvalue weighted by molar-refractivity contribution is 14.1. The van der Waals surface area contributed by atoms with Crippen molar-refractivity contribution in [3.63, 3.8) is 0 Å². The molecule has 1 amide bonds. The minimum atomic E-state index is -4.14. The largest absolute Gasteiger partial charge is 0.395 e. The van der Waals surface area contributed by atoms with Gasteiger partial charge in [0.15, 0.2) is 5.70 Å². The number of pyridine rings is 1. The lowest BCUT2D eigenvalue weighted by molar-refractivity contribution is -0.179. The summed E-state index contributed by atoms with van der Waals surface area (Å²) in [6, 6.07) is 6.91. The average molecular weight is 505 g/mol. The van der Waals surface area contributed by atoms with Crippen LogP contribution in [0.4, 0.5) is 19.0 Å². The molecule has 2 N–H and O–H groups in total. The topological polar surface area (TPSA) is 65.5 Å². The van der Waals surface area contributed by atoms with Crippen LogP contribution in [-0.4, -0.2) is 54.1 Å². The molecule has 1 fully saturated rings. The van der Waals surface area contributed by atoms with Gasteiger partial charge in [-0.1, -0.05) is 0 Å². The van der Waals surface area contributed by atoms with E-state index < -0.39 is 12.1 Å². The summed E-state index contributed by atoms with van der Waals surface area (Å²) >= 11 is 1.65. The third-order valence-corrected chi connectivity index (χ3v) is 4.66. The molecule has 5 nitrogen and oxygen atoms in total. The normalized spacial score (nSPS) is 15.1. The number of fused-ring (bicyclic) bond motifs is 1. The number of amides is 1. The number of alkyl halides is 3. The number of piperidine rings is 1. The third-order valence-electron chi connectivity index (χ3n) is 4.66. The van der Waals surface area contributed by atoms with E-state index in [1.807, 2.05) is 4.90 Å². The summed E-state index contributed by atoms with van der Waals surface area (Å²) in [6.45, 7) is 0.637. The van der Waals surface area contributed by atoms with E-state index in [9.17, 15) is 18.0 Å². The van der Waals surface area contributed by atoms with E-state index in [0.29, 0.717) is 24.5 Å². The molecule has 0 aliphatic carbocycles. The Bertz CT molecular complexity index is 799. The van der Waals surface area contributed by atoms with Crippen molar-refractivity contribution in [3.8, 4) is 0 Å². The van der Waals surface area contributed by atoms with Crippen molar-refractivity contribution in [1.82, 2.24) is 10.3 Å². The first kappa shape index (κ1) is 22.7. The van der Waals surface area contributed by atoms with Crippen molar-refractivity contribution < 1.29 is 23.1 Å². The number of nitrogens with zero attached hydrogens (tertiary/aromatic N) is 2. The molecule has 28 heavy (non-hydrogen) atoms. The van der Waals surface area contributed by atoms with Crippen LogP contribution in [-0.2, 0) is 0 Å². The number of anilines is 1. The van der Waals surface area contributed by atoms with Crippen LogP contribution in [0.5, 0.6) is 0 Å². The lowest BCUT2D eigenvalue weighted by atomic mass is 9.96. The van der Waals surface area contributed by atoms with Crippen LogP contribution in [0.25, 0.3) is 10.8 Å². The maximum absolute atomic E-state index is 12.8. The molecule has 1 aromatic carbocycles. The third kappa shape index (κ3) is 5.50. The Hall–Kier alpha value is -1.56. The number of hydrogen-bond donors (Lipinski definition) is 2. The molecule has 2 radical (unpaired) electrons. The highest BCUT2D eigenvalue weighted by atomic mass is 127. The summed E-state index contributed by atoms with van der Waals surface area (Å²) in [4.78, 5) is 18.2. The van der Waals surface area contributed by atoms with Crippen molar-refractivity contribution in [2.75, 3.05) is 31.1 Å². The van der Waals surface area contributed by atoms with Crippen molar-refractivity contribution in [1.29, 1.82) is 0 Å². The van der Waals surface area contributed by atoms with Crippen LogP contribution < -0.4 is 10.2 Å². The number of carbonyl (C=O) groups excluding carboxylic acids is 1. The molecule has 0 atom stereocenters. The summed E-state index contributed by atoms with van der Waals surface area (Å²) in [5, 5.41) is 13.0. The van der Waals surface area contributed by atoms with Gasteiger partial charge in [0.2, 0.25) is 0 Å². The second-order valence-corrected chi connectivity index (χ2v) is 6.35. The van der Waals surface area contributed by atoms with Gasteiger partial charge in [-0.3, -0.25) is 4.79 Å². The number of halogens is 4. The van der Waals surface area contributed by atoms with Gasteiger partial charge in [-0.2, -0.15) is 35.5 Å². The van der Waals surface area contributed by atoms with E-state index in [4.69, 9.17) is 5.11 Å². The van der Waals surface area contributed by atoms with Gasteiger partial charge in [-0.05, 0) is 42.5 Å². The van der Waals surface area contributed by atoms with E-state index >= 15 is 0 Å². The maximum atomic E-state index is 12.8. The van der Waals surface area contributed by atoms with E-state index in [1.165, 1.54) is 0 Å². The van der Waals surface area contributed by atoms with E-state index in [0.717, 1.165) is 10.8 Å². The minimum Gasteiger partial charge on any atom is -0.395 e. The standard InChI is InChI=1S/C18H20F3N3O2.BI/c19-18(20,21)14-4-8-24(9-5-14)16-15-2-1-13(17(26)23-7-10-25)11-12(15)3-6-22-16;1-2/h1-3,6,11,14,25H,4-5,7-10H2,(H,23,26);. The number of hydrogen-bond acceptors (Lipinski definition) is 4. The number of aliphatic hydroxyl groups is 1. The highest BCUT2D eigenvalue weighted by Gasteiger charge is 2.41. The number of aromatic nitrogens is 1. The molecule has 0 spiro atoms. The Morgan fingerprint density at radius 2 is 1.96 bits per heavy atom. The second kappa shape index (κ2) is 10.3. The number of aliphatic hydroxyl groups excluding tert-OH is 1. The molecule has 150 valence electrons. The van der Waals surface area contributed by atoms with E-state index in [-0.39, 0.29) is 31.9 Å².